The Bertz CT molecular complexity index is 804. The Hall–Kier alpha value is -3.10. The Morgan fingerprint density at radius 3 is 2.57 bits per heavy atom. The molecule has 1 aromatic heterocycles. The van der Waals surface area contributed by atoms with Gasteiger partial charge in [-0.1, -0.05) is 12.1 Å². The molecule has 1 amide bonds. The van der Waals surface area contributed by atoms with Crippen LogP contribution in [0.4, 0.5) is 4.79 Å². The highest BCUT2D eigenvalue weighted by atomic mass is 16.6. The molecule has 9 heteroatoms. The molecule has 9 nitrogen and oxygen atoms in total. The number of hydrogen-bond donors (Lipinski definition) is 2. The van der Waals surface area contributed by atoms with Crippen molar-refractivity contribution in [2.45, 2.75) is 39.0 Å². The minimum Gasteiger partial charge on any atom is -0.444 e. The fourth-order valence-corrected chi connectivity index (χ4v) is 2.73. The zero-order valence-electron chi connectivity index (χ0n) is 16.7. The third-order valence-electron chi connectivity index (χ3n) is 4.18. The van der Waals surface area contributed by atoms with Gasteiger partial charge < -0.3 is 20.3 Å². The summed E-state index contributed by atoms with van der Waals surface area (Å²) in [4.78, 5) is 21.9. The van der Waals surface area contributed by atoms with E-state index in [2.05, 4.69) is 25.7 Å². The zero-order chi connectivity index (χ0) is 20.1. The van der Waals surface area contributed by atoms with Crippen molar-refractivity contribution in [3.63, 3.8) is 0 Å². The number of aromatic nitrogens is 3. The van der Waals surface area contributed by atoms with Gasteiger partial charge in [0.25, 0.3) is 0 Å². The fraction of sp³-hybridized carbons (Fsp3) is 0.474. The van der Waals surface area contributed by atoms with Crippen LogP contribution in [0.3, 0.4) is 0 Å². The van der Waals surface area contributed by atoms with Gasteiger partial charge in [-0.2, -0.15) is 5.10 Å². The Morgan fingerprint density at radius 1 is 1.29 bits per heavy atom. The number of carbonyl (C=O) groups excluding carboxylic acids is 1. The smallest absolute Gasteiger partial charge is 0.410 e. The van der Waals surface area contributed by atoms with E-state index in [0.29, 0.717) is 25.6 Å². The summed E-state index contributed by atoms with van der Waals surface area (Å²) >= 11 is 0. The van der Waals surface area contributed by atoms with Crippen molar-refractivity contribution in [2.75, 3.05) is 20.1 Å². The quantitative estimate of drug-likeness (QED) is 0.612. The lowest BCUT2D eigenvalue weighted by molar-refractivity contribution is 0.00701. The third-order valence-corrected chi connectivity index (χ3v) is 4.18. The number of aliphatic imine (C=N–C) groups is 1. The first-order valence-electron chi connectivity index (χ1n) is 9.23. The number of carbonyl (C=O) groups is 1. The number of likely N-dealkylation sites (tertiary alicyclic amines) is 1. The summed E-state index contributed by atoms with van der Waals surface area (Å²) in [6.07, 6.45) is 2.90. The van der Waals surface area contributed by atoms with Gasteiger partial charge in [-0.3, -0.25) is 4.99 Å². The van der Waals surface area contributed by atoms with E-state index < -0.39 is 5.60 Å². The minimum absolute atomic E-state index is 0.161. The maximum atomic E-state index is 12.0. The van der Waals surface area contributed by atoms with Gasteiger partial charge in [0.05, 0.1) is 11.7 Å². The summed E-state index contributed by atoms with van der Waals surface area (Å²) in [5.74, 6) is 0.703. The van der Waals surface area contributed by atoms with Gasteiger partial charge in [0.2, 0.25) is 0 Å². The van der Waals surface area contributed by atoms with Gasteiger partial charge in [-0.25, -0.2) is 14.5 Å². The highest BCUT2D eigenvalue weighted by molar-refractivity contribution is 5.80. The molecule has 2 aromatic rings. The van der Waals surface area contributed by atoms with Gasteiger partial charge >= 0.3 is 6.09 Å². The molecule has 0 bridgehead atoms. The lowest BCUT2D eigenvalue weighted by Gasteiger charge is -2.40. The molecule has 0 atom stereocenters. The maximum absolute atomic E-state index is 12.0. The molecule has 0 saturated carbocycles. The van der Waals surface area contributed by atoms with Crippen LogP contribution in [-0.4, -0.2) is 63.5 Å². The van der Waals surface area contributed by atoms with Crippen LogP contribution in [-0.2, 0) is 11.3 Å². The van der Waals surface area contributed by atoms with Crippen molar-refractivity contribution >= 4 is 12.1 Å². The lowest BCUT2D eigenvalue weighted by Crippen LogP contribution is -2.63. The molecular formula is C19H27N7O2. The zero-order valence-corrected chi connectivity index (χ0v) is 16.7. The summed E-state index contributed by atoms with van der Waals surface area (Å²) in [5.41, 5.74) is 1.60. The highest BCUT2D eigenvalue weighted by Crippen LogP contribution is 2.15. The van der Waals surface area contributed by atoms with Crippen LogP contribution in [0.1, 0.15) is 26.3 Å². The molecule has 150 valence electrons. The first kappa shape index (κ1) is 19.7. The first-order chi connectivity index (χ1) is 13.3. The molecule has 3 rings (SSSR count). The van der Waals surface area contributed by atoms with Crippen LogP contribution in [0.25, 0.3) is 5.69 Å². The Kier molecular flexibility index (Phi) is 5.81. The molecular weight excluding hydrogens is 358 g/mol. The van der Waals surface area contributed by atoms with Crippen molar-refractivity contribution in [3.8, 4) is 5.69 Å². The molecule has 1 saturated heterocycles. The van der Waals surface area contributed by atoms with Gasteiger partial charge in [0.1, 0.15) is 18.3 Å². The van der Waals surface area contributed by atoms with E-state index >= 15 is 0 Å². The van der Waals surface area contributed by atoms with E-state index in [1.54, 1.807) is 23.0 Å². The molecule has 1 aliphatic rings. The summed E-state index contributed by atoms with van der Waals surface area (Å²) in [6, 6.07) is 8.21. The van der Waals surface area contributed by atoms with Gasteiger partial charge in [0, 0.05) is 26.7 Å². The second-order valence-electron chi connectivity index (χ2n) is 7.66. The normalized spacial score (nSPS) is 15.1. The van der Waals surface area contributed by atoms with E-state index in [9.17, 15) is 4.79 Å². The average molecular weight is 385 g/mol. The topological polar surface area (TPSA) is 96.7 Å². The van der Waals surface area contributed by atoms with Gasteiger partial charge in [-0.15, -0.1) is 0 Å². The van der Waals surface area contributed by atoms with E-state index in [1.165, 1.54) is 6.33 Å². The molecule has 2 N–H and O–H groups in total. The Balaban J connectivity index is 1.43. The summed E-state index contributed by atoms with van der Waals surface area (Å²) < 4.78 is 7.08. The Labute approximate surface area is 164 Å². The maximum Gasteiger partial charge on any atom is 0.410 e. The number of benzene rings is 1. The standard InChI is InChI=1S/C19H27N7O2/c1-19(2,3)28-18(27)25-10-15(11-25)24-17(20-4)22-9-14-5-7-16(8-6-14)26-13-21-12-23-26/h5-8,12-13,15H,9-11H2,1-4H3,(H2,20,22,24). The summed E-state index contributed by atoms with van der Waals surface area (Å²) in [5, 5.41) is 10.7. The molecule has 1 aromatic carbocycles. The monoisotopic (exact) mass is 385 g/mol. The summed E-state index contributed by atoms with van der Waals surface area (Å²) in [6.45, 7) is 7.43. The van der Waals surface area contributed by atoms with E-state index in [0.717, 1.165) is 11.3 Å². The van der Waals surface area contributed by atoms with Crippen LogP contribution in [0.5, 0.6) is 0 Å². The molecule has 0 spiro atoms. The number of rotatable bonds is 4. The lowest BCUT2D eigenvalue weighted by atomic mass is 10.1. The fourth-order valence-electron chi connectivity index (χ4n) is 2.73. The second-order valence-corrected chi connectivity index (χ2v) is 7.66. The third kappa shape index (κ3) is 5.21. The predicted octanol–water partition coefficient (Wildman–Crippen LogP) is 1.55. The molecule has 2 heterocycles. The number of guanidine groups is 1. The van der Waals surface area contributed by atoms with Crippen LogP contribution in [0.15, 0.2) is 41.9 Å². The first-order valence-corrected chi connectivity index (χ1v) is 9.23. The second kappa shape index (κ2) is 8.28. The number of hydrogen-bond acceptors (Lipinski definition) is 5. The number of ether oxygens (including phenoxy) is 1. The van der Waals surface area contributed by atoms with E-state index in [1.807, 2.05) is 45.0 Å². The van der Waals surface area contributed by atoms with E-state index in [4.69, 9.17) is 4.74 Å². The van der Waals surface area contributed by atoms with Crippen molar-refractivity contribution in [2.24, 2.45) is 4.99 Å². The van der Waals surface area contributed by atoms with Crippen molar-refractivity contribution < 1.29 is 9.53 Å². The highest BCUT2D eigenvalue weighted by Gasteiger charge is 2.34. The Morgan fingerprint density at radius 2 is 2.00 bits per heavy atom. The van der Waals surface area contributed by atoms with E-state index in [-0.39, 0.29) is 12.1 Å². The molecule has 28 heavy (non-hydrogen) atoms. The number of amides is 1. The number of nitrogens with one attached hydrogen (secondary N) is 2. The average Bonchev–Trinajstić information content (AvgIpc) is 3.13. The van der Waals surface area contributed by atoms with Gasteiger partial charge in [-0.05, 0) is 38.5 Å². The summed E-state index contributed by atoms with van der Waals surface area (Å²) in [7, 11) is 1.73. The molecule has 0 unspecified atom stereocenters. The van der Waals surface area contributed by atoms with Crippen molar-refractivity contribution in [1.82, 2.24) is 30.3 Å². The molecule has 0 radical (unpaired) electrons. The number of nitrogens with zero attached hydrogens (tertiary/aromatic N) is 5. The predicted molar refractivity (Wildman–Crippen MR) is 106 cm³/mol. The van der Waals surface area contributed by atoms with Crippen molar-refractivity contribution in [1.29, 1.82) is 0 Å². The van der Waals surface area contributed by atoms with Gasteiger partial charge in [0.15, 0.2) is 5.96 Å². The SMILES string of the molecule is CN=C(NCc1ccc(-n2cncn2)cc1)NC1CN(C(=O)OC(C)(C)C)C1. The molecule has 1 aliphatic heterocycles. The largest absolute Gasteiger partial charge is 0.444 e. The van der Waals surface area contributed by atoms with Crippen LogP contribution >= 0.6 is 0 Å². The van der Waals surface area contributed by atoms with Crippen LogP contribution < -0.4 is 10.6 Å². The minimum atomic E-state index is -0.476. The molecule has 0 aliphatic carbocycles. The van der Waals surface area contributed by atoms with Crippen LogP contribution in [0, 0.1) is 0 Å². The molecule has 1 fully saturated rings. The van der Waals surface area contributed by atoms with Crippen LogP contribution in [0.2, 0.25) is 0 Å². The van der Waals surface area contributed by atoms with Crippen molar-refractivity contribution in [3.05, 3.63) is 42.5 Å².